The molecule has 0 aromatic heterocycles. The highest BCUT2D eigenvalue weighted by atomic mass is 16.2. The van der Waals surface area contributed by atoms with E-state index in [0.717, 1.165) is 24.9 Å². The van der Waals surface area contributed by atoms with Crippen LogP contribution in [0.3, 0.4) is 0 Å². The molecule has 1 aromatic carbocycles. The number of carbonyl (C=O) groups excluding carboxylic acids is 3. The molecule has 1 aromatic rings. The summed E-state index contributed by atoms with van der Waals surface area (Å²) in [5.41, 5.74) is 1.28. The van der Waals surface area contributed by atoms with Gasteiger partial charge in [0.1, 0.15) is 5.41 Å². The number of benzene rings is 1. The minimum absolute atomic E-state index is 0.0394. The molecule has 0 unspecified atom stereocenters. The van der Waals surface area contributed by atoms with Crippen molar-refractivity contribution >= 4 is 23.9 Å². The fourth-order valence-corrected chi connectivity index (χ4v) is 3.98. The Bertz CT molecular complexity index is 706. The van der Waals surface area contributed by atoms with Gasteiger partial charge < -0.3 is 14.7 Å². The minimum Gasteiger partial charge on any atom is -0.342 e. The topological polar surface area (TPSA) is 60.9 Å². The van der Waals surface area contributed by atoms with Gasteiger partial charge in [0, 0.05) is 38.4 Å². The van der Waals surface area contributed by atoms with Gasteiger partial charge in [0.05, 0.1) is 0 Å². The van der Waals surface area contributed by atoms with Crippen molar-refractivity contribution in [1.29, 1.82) is 0 Å². The zero-order chi connectivity index (χ0) is 17.4. The third-order valence-corrected chi connectivity index (χ3v) is 5.67. The van der Waals surface area contributed by atoms with Gasteiger partial charge in [-0.1, -0.05) is 18.2 Å². The quantitative estimate of drug-likeness (QED) is 0.610. The number of amides is 3. The molecule has 2 fully saturated rings. The summed E-state index contributed by atoms with van der Waals surface area (Å²) >= 11 is 0. The van der Waals surface area contributed by atoms with E-state index >= 15 is 0 Å². The highest BCUT2D eigenvalue weighted by molar-refractivity contribution is 6.14. The molecule has 3 aliphatic rings. The van der Waals surface area contributed by atoms with Crippen molar-refractivity contribution in [3.05, 3.63) is 29.8 Å². The Balaban J connectivity index is 1.52. The van der Waals surface area contributed by atoms with Gasteiger partial charge in [-0.15, -0.1) is 0 Å². The molecule has 2 heterocycles. The molecule has 6 nitrogen and oxygen atoms in total. The van der Waals surface area contributed by atoms with E-state index in [0.29, 0.717) is 45.6 Å². The normalized spacial score (nSPS) is 21.5. The molecule has 0 N–H and O–H groups in total. The Hall–Kier alpha value is -2.37. The van der Waals surface area contributed by atoms with Crippen LogP contribution in [0.15, 0.2) is 24.3 Å². The second-order valence-corrected chi connectivity index (χ2v) is 7.20. The first-order valence-electron chi connectivity index (χ1n) is 9.04. The Morgan fingerprint density at radius 1 is 0.960 bits per heavy atom. The van der Waals surface area contributed by atoms with Gasteiger partial charge in [-0.2, -0.15) is 0 Å². The van der Waals surface area contributed by atoms with E-state index in [-0.39, 0.29) is 11.8 Å². The Morgan fingerprint density at radius 2 is 1.68 bits per heavy atom. The van der Waals surface area contributed by atoms with Crippen LogP contribution in [-0.2, 0) is 20.8 Å². The highest BCUT2D eigenvalue weighted by Gasteiger charge is 2.59. The zero-order valence-corrected chi connectivity index (χ0v) is 14.3. The molecule has 25 heavy (non-hydrogen) atoms. The summed E-state index contributed by atoms with van der Waals surface area (Å²) < 4.78 is 0. The first-order chi connectivity index (χ1) is 12.2. The fraction of sp³-hybridized carbons (Fsp3) is 0.526. The van der Waals surface area contributed by atoms with Crippen LogP contribution < -0.4 is 4.90 Å². The maximum atomic E-state index is 13.3. The number of aryl methyl sites for hydroxylation is 1. The Morgan fingerprint density at radius 3 is 2.36 bits per heavy atom. The molecule has 0 bridgehead atoms. The molecule has 2 aliphatic heterocycles. The van der Waals surface area contributed by atoms with Crippen molar-refractivity contribution in [3.63, 3.8) is 0 Å². The lowest BCUT2D eigenvalue weighted by atomic mass is 9.97. The second kappa shape index (κ2) is 6.17. The smallest absolute Gasteiger partial charge is 0.242 e. The number of rotatable bonds is 3. The number of anilines is 1. The number of hydrogen-bond acceptors (Lipinski definition) is 3. The number of hydrogen-bond donors (Lipinski definition) is 0. The predicted octanol–water partition coefficient (Wildman–Crippen LogP) is 1.05. The predicted molar refractivity (Wildman–Crippen MR) is 93.0 cm³/mol. The van der Waals surface area contributed by atoms with Crippen LogP contribution in [0, 0.1) is 5.41 Å². The molecule has 1 saturated heterocycles. The zero-order valence-electron chi connectivity index (χ0n) is 14.3. The van der Waals surface area contributed by atoms with Crippen LogP contribution in [0.25, 0.3) is 0 Å². The van der Waals surface area contributed by atoms with Gasteiger partial charge >= 0.3 is 0 Å². The van der Waals surface area contributed by atoms with Crippen LogP contribution >= 0.6 is 0 Å². The minimum atomic E-state index is -0.867. The first-order valence-corrected chi connectivity index (χ1v) is 9.04. The molecule has 132 valence electrons. The monoisotopic (exact) mass is 341 g/mol. The largest absolute Gasteiger partial charge is 0.342 e. The van der Waals surface area contributed by atoms with Crippen LogP contribution in [0.2, 0.25) is 0 Å². The van der Waals surface area contributed by atoms with Crippen LogP contribution in [0.1, 0.15) is 24.8 Å². The lowest BCUT2D eigenvalue weighted by molar-refractivity contribution is -0.145. The van der Waals surface area contributed by atoms with Gasteiger partial charge in [-0.3, -0.25) is 14.4 Å². The molecule has 0 spiro atoms. The molecule has 1 aliphatic carbocycles. The van der Waals surface area contributed by atoms with E-state index in [1.54, 1.807) is 9.80 Å². The van der Waals surface area contributed by atoms with Crippen molar-refractivity contribution in [1.82, 2.24) is 9.80 Å². The van der Waals surface area contributed by atoms with Gasteiger partial charge in [0.15, 0.2) is 0 Å². The summed E-state index contributed by atoms with van der Waals surface area (Å²) in [6.45, 7) is 2.81. The maximum Gasteiger partial charge on any atom is 0.242 e. The average Bonchev–Trinajstić information content (AvgIpc) is 3.48. The lowest BCUT2D eigenvalue weighted by Crippen LogP contribution is -2.53. The molecule has 4 rings (SSSR count). The molecular formula is C19H23N3O3. The second-order valence-electron chi connectivity index (χ2n) is 7.20. The highest BCUT2D eigenvalue weighted by Crippen LogP contribution is 2.50. The summed E-state index contributed by atoms with van der Waals surface area (Å²) in [5.74, 6) is -0.0893. The lowest BCUT2D eigenvalue weighted by Gasteiger charge is -2.37. The van der Waals surface area contributed by atoms with E-state index in [9.17, 15) is 14.4 Å². The van der Waals surface area contributed by atoms with E-state index < -0.39 is 5.41 Å². The number of nitrogens with zero attached hydrogens (tertiary/aromatic N) is 3. The summed E-state index contributed by atoms with van der Waals surface area (Å²) in [6.07, 6.45) is 4.01. The van der Waals surface area contributed by atoms with Gasteiger partial charge in [0.2, 0.25) is 18.2 Å². The standard InChI is InChI=1S/C19H23N3O3/c23-14-20-10-12-21(13-11-20)17(24)19(7-8-19)18(25)22-9-3-5-15-4-1-2-6-16(15)22/h1-2,4,6,14H,3,5,7-13H2. The average molecular weight is 341 g/mol. The van der Waals surface area contributed by atoms with Gasteiger partial charge in [0.25, 0.3) is 0 Å². The fourth-order valence-electron chi connectivity index (χ4n) is 3.98. The third kappa shape index (κ3) is 2.69. The van der Waals surface area contributed by atoms with Crippen molar-refractivity contribution in [2.24, 2.45) is 5.41 Å². The molecule has 3 amide bonds. The molecule has 6 heteroatoms. The van der Waals surface area contributed by atoms with Crippen LogP contribution in [-0.4, -0.2) is 60.7 Å². The number of fused-ring (bicyclic) bond motifs is 1. The Kier molecular flexibility index (Phi) is 3.98. The molecule has 1 saturated carbocycles. The summed E-state index contributed by atoms with van der Waals surface area (Å²) in [5, 5.41) is 0. The molecular weight excluding hydrogens is 318 g/mol. The van der Waals surface area contributed by atoms with E-state index in [2.05, 4.69) is 6.07 Å². The van der Waals surface area contributed by atoms with Crippen molar-refractivity contribution < 1.29 is 14.4 Å². The maximum absolute atomic E-state index is 13.3. The molecule has 0 radical (unpaired) electrons. The number of para-hydroxylation sites is 1. The summed E-state index contributed by atoms with van der Waals surface area (Å²) in [4.78, 5) is 42.4. The van der Waals surface area contributed by atoms with Crippen molar-refractivity contribution in [2.45, 2.75) is 25.7 Å². The first kappa shape index (κ1) is 16.1. The summed E-state index contributed by atoms with van der Waals surface area (Å²) in [7, 11) is 0. The van der Waals surface area contributed by atoms with Crippen LogP contribution in [0.4, 0.5) is 5.69 Å². The van der Waals surface area contributed by atoms with E-state index in [4.69, 9.17) is 0 Å². The molecule has 0 atom stereocenters. The van der Waals surface area contributed by atoms with Gasteiger partial charge in [-0.05, 0) is 37.3 Å². The SMILES string of the molecule is O=CN1CCN(C(=O)C2(C(=O)N3CCCc4ccccc43)CC2)CC1. The third-order valence-electron chi connectivity index (χ3n) is 5.67. The van der Waals surface area contributed by atoms with Crippen molar-refractivity contribution in [2.75, 3.05) is 37.6 Å². The van der Waals surface area contributed by atoms with Gasteiger partial charge in [-0.25, -0.2) is 0 Å². The number of carbonyl (C=O) groups is 3. The summed E-state index contributed by atoms with van der Waals surface area (Å²) in [6, 6.07) is 7.99. The van der Waals surface area contributed by atoms with E-state index in [1.807, 2.05) is 23.1 Å². The number of piperazine rings is 1. The van der Waals surface area contributed by atoms with E-state index in [1.165, 1.54) is 5.56 Å². The van der Waals surface area contributed by atoms with Crippen molar-refractivity contribution in [3.8, 4) is 0 Å². The Labute approximate surface area is 147 Å². The van der Waals surface area contributed by atoms with Crippen LogP contribution in [0.5, 0.6) is 0 Å².